The molecule has 9 aromatic rings. The third-order valence-electron chi connectivity index (χ3n) is 17.7. The highest BCUT2D eigenvalue weighted by Gasteiger charge is 2.45. The second kappa shape index (κ2) is 16.1. The molecule has 0 unspecified atom stereocenters. The summed E-state index contributed by atoms with van der Waals surface area (Å²) in [7, 11) is 0. The molecule has 0 N–H and O–H groups in total. The second-order valence-electron chi connectivity index (χ2n) is 26.2. The van der Waals surface area contributed by atoms with Crippen LogP contribution in [0.1, 0.15) is 129 Å². The number of fused-ring (bicyclic) bond motifs is 10. The van der Waals surface area contributed by atoms with Crippen molar-refractivity contribution < 1.29 is 0 Å². The SMILES string of the molecule is CC(C)(C)c1ccc2c(c1)N(c1ccc(-c3cccc4c3C(C)(C)c3ccccc3-4)cc1)c1cc(C(C)(C)C)cc3c1B2c1ccc(C(C)(C)C)cc1N3c1ccc(-c2cccc3c2C(C)(C)c2ccccc2-3)cc1. The largest absolute Gasteiger partial charge is 0.311 e. The van der Waals surface area contributed by atoms with Crippen LogP contribution in [-0.4, -0.2) is 6.71 Å². The van der Waals surface area contributed by atoms with Gasteiger partial charge in [0.1, 0.15) is 0 Å². The molecule has 0 saturated carbocycles. The van der Waals surface area contributed by atoms with E-state index in [9.17, 15) is 0 Å². The van der Waals surface area contributed by atoms with Crippen molar-refractivity contribution in [3.63, 3.8) is 0 Å². The van der Waals surface area contributed by atoms with Crippen LogP contribution in [0.2, 0.25) is 0 Å². The van der Waals surface area contributed by atoms with Gasteiger partial charge in [-0.15, -0.1) is 0 Å². The summed E-state index contributed by atoms with van der Waals surface area (Å²) in [4.78, 5) is 5.22. The van der Waals surface area contributed by atoms with E-state index < -0.39 is 0 Å². The average Bonchev–Trinajstić information content (AvgIpc) is 3.78. The van der Waals surface area contributed by atoms with E-state index in [0.29, 0.717) is 0 Å². The highest BCUT2D eigenvalue weighted by atomic mass is 15.2. The molecule has 4 aliphatic rings. The number of hydrogen-bond acceptors (Lipinski definition) is 2. The minimum Gasteiger partial charge on any atom is -0.311 e. The minimum atomic E-state index is -0.136. The lowest BCUT2D eigenvalue weighted by molar-refractivity contribution is 0.590. The van der Waals surface area contributed by atoms with E-state index in [1.54, 1.807) is 0 Å². The number of nitrogens with zero attached hydrogens (tertiary/aromatic N) is 2. The number of rotatable bonds is 4. The normalized spacial score (nSPS) is 15.4. The first-order valence-electron chi connectivity index (χ1n) is 27.4. The van der Waals surface area contributed by atoms with Crippen molar-refractivity contribution in [1.82, 2.24) is 0 Å². The van der Waals surface area contributed by atoms with E-state index >= 15 is 0 Å². The lowest BCUT2D eigenvalue weighted by atomic mass is 9.33. The molecule has 2 aliphatic carbocycles. The van der Waals surface area contributed by atoms with Gasteiger partial charge < -0.3 is 9.80 Å². The van der Waals surface area contributed by atoms with Crippen LogP contribution in [0, 0.1) is 0 Å². The summed E-state index contributed by atoms with van der Waals surface area (Å²) in [6.07, 6.45) is 0. The molecule has 2 heterocycles. The summed E-state index contributed by atoms with van der Waals surface area (Å²) >= 11 is 0. The summed E-state index contributed by atoms with van der Waals surface area (Å²) in [5.74, 6) is 0. The van der Waals surface area contributed by atoms with Crippen molar-refractivity contribution in [1.29, 1.82) is 0 Å². The Kier molecular flexibility index (Phi) is 10.2. The fourth-order valence-corrected chi connectivity index (χ4v) is 13.7. The summed E-state index contributed by atoms with van der Waals surface area (Å²) < 4.78 is 0. The summed E-state index contributed by atoms with van der Waals surface area (Å²) in [6.45, 7) is 30.8. The maximum Gasteiger partial charge on any atom is 0.252 e. The molecule has 0 radical (unpaired) electrons. The van der Waals surface area contributed by atoms with Gasteiger partial charge in [0.15, 0.2) is 0 Å². The Balaban J connectivity index is 1.02. The van der Waals surface area contributed by atoms with E-state index in [1.807, 2.05) is 0 Å². The maximum absolute atomic E-state index is 2.61. The molecule has 0 atom stereocenters. The molecule has 0 fully saturated rings. The molecule has 2 aliphatic heterocycles. The summed E-state index contributed by atoms with van der Waals surface area (Å²) in [5.41, 5.74) is 31.0. The van der Waals surface area contributed by atoms with Crippen molar-refractivity contribution in [2.24, 2.45) is 0 Å². The van der Waals surface area contributed by atoms with Gasteiger partial charge in [0.25, 0.3) is 6.71 Å². The van der Waals surface area contributed by atoms with E-state index in [4.69, 9.17) is 0 Å². The first kappa shape index (κ1) is 47.4. The Bertz CT molecular complexity index is 3590. The van der Waals surface area contributed by atoms with Crippen LogP contribution in [0.25, 0.3) is 44.5 Å². The van der Waals surface area contributed by atoms with Crippen LogP contribution in [0.3, 0.4) is 0 Å². The Morgan fingerprint density at radius 2 is 0.680 bits per heavy atom. The third-order valence-corrected chi connectivity index (χ3v) is 17.7. The standard InChI is InChI=1S/C72H69BN2/c1-68(2,3)46-32-38-59-61(40-46)74(49-34-28-44(29-35-49)51-22-18-24-55-53-20-14-16-26-57(53)71(10,11)65(51)55)63-42-48(70(7,8)9)43-64-67(63)73(59)60-39-33-47(69(4,5)6)41-62(60)75(64)50-36-30-45(31-37-50)52-23-19-25-56-54-21-15-17-27-58(54)72(12,13)66(52)56/h14-43H,1-13H3. The molecule has 0 aromatic heterocycles. The highest BCUT2D eigenvalue weighted by molar-refractivity contribution is 7.00. The average molecular weight is 973 g/mol. The van der Waals surface area contributed by atoms with Gasteiger partial charge >= 0.3 is 0 Å². The van der Waals surface area contributed by atoms with Crippen LogP contribution < -0.4 is 26.2 Å². The van der Waals surface area contributed by atoms with Crippen molar-refractivity contribution >= 4 is 57.2 Å². The summed E-state index contributed by atoms with van der Waals surface area (Å²) in [5, 5.41) is 0. The monoisotopic (exact) mass is 973 g/mol. The predicted octanol–water partition coefficient (Wildman–Crippen LogP) is 17.6. The Hall–Kier alpha value is -7.36. The first-order chi connectivity index (χ1) is 35.6. The Morgan fingerprint density at radius 3 is 1.07 bits per heavy atom. The molecule has 9 aromatic carbocycles. The molecule has 75 heavy (non-hydrogen) atoms. The van der Waals surface area contributed by atoms with Gasteiger partial charge in [-0.2, -0.15) is 0 Å². The molecule has 0 bridgehead atoms. The molecule has 0 saturated heterocycles. The smallest absolute Gasteiger partial charge is 0.252 e. The van der Waals surface area contributed by atoms with Gasteiger partial charge in [-0.1, -0.05) is 223 Å². The van der Waals surface area contributed by atoms with Gasteiger partial charge in [-0.3, -0.25) is 0 Å². The fraction of sp³-hybridized carbons (Fsp3) is 0.250. The Morgan fingerprint density at radius 1 is 0.333 bits per heavy atom. The van der Waals surface area contributed by atoms with Gasteiger partial charge in [-0.05, 0) is 165 Å². The number of benzene rings is 9. The van der Waals surface area contributed by atoms with E-state index in [-0.39, 0.29) is 33.8 Å². The van der Waals surface area contributed by atoms with Crippen LogP contribution >= 0.6 is 0 Å². The van der Waals surface area contributed by atoms with Crippen LogP contribution in [-0.2, 0) is 27.1 Å². The lowest BCUT2D eigenvalue weighted by Gasteiger charge is -2.45. The van der Waals surface area contributed by atoms with Crippen LogP contribution in [0.15, 0.2) is 182 Å². The van der Waals surface area contributed by atoms with Crippen molar-refractivity contribution in [3.05, 3.63) is 221 Å². The van der Waals surface area contributed by atoms with E-state index in [1.165, 1.54) is 123 Å². The molecule has 0 amide bonds. The fourth-order valence-electron chi connectivity index (χ4n) is 13.7. The van der Waals surface area contributed by atoms with E-state index in [2.05, 4.69) is 282 Å². The van der Waals surface area contributed by atoms with E-state index in [0.717, 1.165) is 11.4 Å². The van der Waals surface area contributed by atoms with Gasteiger partial charge in [0.05, 0.1) is 0 Å². The van der Waals surface area contributed by atoms with Crippen LogP contribution in [0.5, 0.6) is 0 Å². The molecular weight excluding hydrogens is 904 g/mol. The number of hydrogen-bond donors (Lipinski definition) is 0. The quantitative estimate of drug-likeness (QED) is 0.162. The van der Waals surface area contributed by atoms with Crippen molar-refractivity contribution in [2.75, 3.05) is 9.80 Å². The third kappa shape index (κ3) is 7.06. The van der Waals surface area contributed by atoms with Crippen molar-refractivity contribution in [3.8, 4) is 44.5 Å². The minimum absolute atomic E-state index is 0.0228. The lowest BCUT2D eigenvalue weighted by Crippen LogP contribution is -2.61. The molecule has 2 nitrogen and oxygen atoms in total. The molecule has 370 valence electrons. The maximum atomic E-state index is 2.61. The zero-order chi connectivity index (χ0) is 52.3. The second-order valence-corrected chi connectivity index (χ2v) is 26.2. The topological polar surface area (TPSA) is 6.48 Å². The summed E-state index contributed by atoms with van der Waals surface area (Å²) in [6, 6.07) is 70.6. The molecule has 3 heteroatoms. The molecule has 13 rings (SSSR count). The molecule has 0 spiro atoms. The molecular formula is C72H69BN2. The highest BCUT2D eigenvalue weighted by Crippen LogP contribution is 2.55. The van der Waals surface area contributed by atoms with Gasteiger partial charge in [-0.25, -0.2) is 0 Å². The van der Waals surface area contributed by atoms with Crippen molar-refractivity contribution in [2.45, 2.75) is 117 Å². The zero-order valence-electron chi connectivity index (χ0n) is 46.3. The Labute approximate surface area is 447 Å². The van der Waals surface area contributed by atoms with Gasteiger partial charge in [0, 0.05) is 45.0 Å². The van der Waals surface area contributed by atoms with Gasteiger partial charge in [0.2, 0.25) is 0 Å². The van der Waals surface area contributed by atoms with Crippen LogP contribution in [0.4, 0.5) is 34.1 Å². The first-order valence-corrected chi connectivity index (χ1v) is 27.4. The predicted molar refractivity (Wildman–Crippen MR) is 323 cm³/mol. The number of anilines is 6. The zero-order valence-corrected chi connectivity index (χ0v) is 46.3.